The molecule has 0 radical (unpaired) electrons. The van der Waals surface area contributed by atoms with E-state index in [1.807, 2.05) is 6.07 Å². The van der Waals surface area contributed by atoms with Crippen molar-refractivity contribution in [2.75, 3.05) is 37.8 Å². The summed E-state index contributed by atoms with van der Waals surface area (Å²) in [7, 11) is -6.81. The topological polar surface area (TPSA) is 104 Å². The molecule has 0 unspecified atom stereocenters. The molecule has 0 spiro atoms. The Balaban J connectivity index is 1.26. The zero-order valence-corrected chi connectivity index (χ0v) is 21.4. The van der Waals surface area contributed by atoms with Crippen molar-refractivity contribution in [3.05, 3.63) is 58.7 Å². The fraction of sp³-hybridized carbons (Fsp3) is 0.520. The van der Waals surface area contributed by atoms with Crippen molar-refractivity contribution < 1.29 is 26.7 Å². The van der Waals surface area contributed by atoms with Gasteiger partial charge in [0, 0.05) is 32.7 Å². The van der Waals surface area contributed by atoms with E-state index in [0.29, 0.717) is 56.1 Å². The first kappa shape index (κ1) is 24.7. The molecular weight excluding hydrogens is 488 g/mol. The molecule has 0 saturated carbocycles. The van der Waals surface area contributed by atoms with Gasteiger partial charge in [0.25, 0.3) is 0 Å². The molecule has 3 aliphatic rings. The number of aliphatic hydroxyl groups excluding tert-OH is 1. The molecule has 8 nitrogen and oxygen atoms in total. The SMILES string of the molecule is O=S1(=O)CCc2c(CN3Cc4ccccc4C3)ccc(OCC3CCN(S(=O)(=O)CCO)CC3)c21. The number of hydrogen-bond acceptors (Lipinski definition) is 7. The summed E-state index contributed by atoms with van der Waals surface area (Å²) in [5, 5.41) is 8.98. The number of fused-ring (bicyclic) bond motifs is 2. The van der Waals surface area contributed by atoms with Gasteiger partial charge < -0.3 is 9.84 Å². The van der Waals surface area contributed by atoms with Crippen molar-refractivity contribution in [3.63, 3.8) is 0 Å². The van der Waals surface area contributed by atoms with Gasteiger partial charge in [-0.25, -0.2) is 21.1 Å². The van der Waals surface area contributed by atoms with Crippen molar-refractivity contribution in [1.29, 1.82) is 0 Å². The van der Waals surface area contributed by atoms with Crippen LogP contribution < -0.4 is 4.74 Å². The van der Waals surface area contributed by atoms with Gasteiger partial charge >= 0.3 is 0 Å². The minimum Gasteiger partial charge on any atom is -0.492 e. The predicted molar refractivity (Wildman–Crippen MR) is 132 cm³/mol. The molecule has 5 rings (SSSR count). The van der Waals surface area contributed by atoms with Crippen LogP contribution in [0.25, 0.3) is 0 Å². The molecule has 190 valence electrons. The van der Waals surface area contributed by atoms with Gasteiger partial charge in [-0.3, -0.25) is 4.90 Å². The smallest absolute Gasteiger partial charge is 0.216 e. The first-order valence-corrected chi connectivity index (χ1v) is 15.4. The first-order chi connectivity index (χ1) is 16.8. The highest BCUT2D eigenvalue weighted by Gasteiger charge is 2.34. The Morgan fingerprint density at radius 3 is 2.37 bits per heavy atom. The maximum atomic E-state index is 12.9. The van der Waals surface area contributed by atoms with Gasteiger partial charge in [-0.05, 0) is 53.5 Å². The minimum atomic E-state index is -3.42. The molecule has 0 aromatic heterocycles. The minimum absolute atomic E-state index is 0.108. The third-order valence-corrected chi connectivity index (χ3v) is 11.0. The van der Waals surface area contributed by atoms with E-state index in [-0.39, 0.29) is 24.0 Å². The number of piperidine rings is 1. The second-order valence-corrected chi connectivity index (χ2v) is 13.8. The average Bonchev–Trinajstić information content (AvgIpc) is 3.39. The molecule has 1 saturated heterocycles. The second-order valence-electron chi connectivity index (χ2n) is 9.71. The van der Waals surface area contributed by atoms with E-state index in [0.717, 1.165) is 24.2 Å². The number of nitrogens with zero attached hydrogens (tertiary/aromatic N) is 2. The van der Waals surface area contributed by atoms with Gasteiger partial charge in [0.1, 0.15) is 10.6 Å². The van der Waals surface area contributed by atoms with E-state index in [2.05, 4.69) is 29.2 Å². The van der Waals surface area contributed by atoms with Gasteiger partial charge in [-0.2, -0.15) is 0 Å². The van der Waals surface area contributed by atoms with E-state index in [1.165, 1.54) is 15.4 Å². The lowest BCUT2D eigenvalue weighted by Gasteiger charge is -2.31. The molecule has 35 heavy (non-hydrogen) atoms. The lowest BCUT2D eigenvalue weighted by molar-refractivity contribution is 0.182. The number of benzene rings is 2. The van der Waals surface area contributed by atoms with Crippen molar-refractivity contribution >= 4 is 19.9 Å². The molecular formula is C25H32N2O6S2. The summed E-state index contributed by atoms with van der Waals surface area (Å²) in [6.45, 7) is 3.19. The number of ether oxygens (including phenoxy) is 1. The summed E-state index contributed by atoms with van der Waals surface area (Å²) in [6.07, 6.45) is 1.80. The molecule has 3 heterocycles. The summed E-state index contributed by atoms with van der Waals surface area (Å²) >= 11 is 0. The average molecular weight is 521 g/mol. The molecule has 0 aliphatic carbocycles. The zero-order valence-electron chi connectivity index (χ0n) is 19.7. The first-order valence-electron chi connectivity index (χ1n) is 12.1. The Hall–Kier alpha value is -1.98. The quantitative estimate of drug-likeness (QED) is 0.567. The predicted octanol–water partition coefficient (Wildman–Crippen LogP) is 1.95. The van der Waals surface area contributed by atoms with Crippen LogP contribution in [-0.2, 0) is 45.9 Å². The van der Waals surface area contributed by atoms with E-state index in [4.69, 9.17) is 9.84 Å². The van der Waals surface area contributed by atoms with Crippen molar-refractivity contribution in [2.24, 2.45) is 5.92 Å². The molecule has 2 aromatic rings. The van der Waals surface area contributed by atoms with Gasteiger partial charge in [-0.15, -0.1) is 0 Å². The molecule has 1 fully saturated rings. The number of rotatable bonds is 8. The van der Waals surface area contributed by atoms with Crippen LogP contribution in [0, 0.1) is 5.92 Å². The van der Waals surface area contributed by atoms with Crippen molar-refractivity contribution in [3.8, 4) is 5.75 Å². The Morgan fingerprint density at radius 2 is 1.71 bits per heavy atom. The van der Waals surface area contributed by atoms with Crippen molar-refractivity contribution in [1.82, 2.24) is 9.21 Å². The highest BCUT2D eigenvalue weighted by Crippen LogP contribution is 2.38. The molecule has 10 heteroatoms. The lowest BCUT2D eigenvalue weighted by atomic mass is 9.99. The maximum absolute atomic E-state index is 12.9. The van der Waals surface area contributed by atoms with Gasteiger partial charge in [0.15, 0.2) is 9.84 Å². The third-order valence-electron chi connectivity index (χ3n) is 7.34. The highest BCUT2D eigenvalue weighted by molar-refractivity contribution is 7.91. The summed E-state index contributed by atoms with van der Waals surface area (Å²) in [5.41, 5.74) is 4.57. The summed E-state index contributed by atoms with van der Waals surface area (Å²) in [6, 6.07) is 12.2. The highest BCUT2D eigenvalue weighted by atomic mass is 32.2. The zero-order chi connectivity index (χ0) is 24.6. The Bertz CT molecular complexity index is 1280. The largest absolute Gasteiger partial charge is 0.492 e. The number of sulfone groups is 1. The second kappa shape index (κ2) is 9.82. The standard InChI is InChI=1S/C25H32N2O6S2/c28-12-14-35(31,32)27-10-7-19(8-11-27)18-33-24-6-5-22(23-9-13-34(29,30)25(23)24)17-26-15-20-3-1-2-4-21(20)16-26/h1-6,19,28H,7-18H2. The molecule has 0 atom stereocenters. The fourth-order valence-corrected chi connectivity index (χ4v) is 8.40. The van der Waals surface area contributed by atoms with Gasteiger partial charge in [0.2, 0.25) is 10.0 Å². The monoisotopic (exact) mass is 520 g/mol. The van der Waals surface area contributed by atoms with Crippen LogP contribution >= 0.6 is 0 Å². The number of aliphatic hydroxyl groups is 1. The molecule has 0 bridgehead atoms. The van der Waals surface area contributed by atoms with E-state index < -0.39 is 19.9 Å². The van der Waals surface area contributed by atoms with Gasteiger partial charge in [0.05, 0.1) is 24.7 Å². The summed E-state index contributed by atoms with van der Waals surface area (Å²) in [5.74, 6) is 0.421. The van der Waals surface area contributed by atoms with E-state index >= 15 is 0 Å². The van der Waals surface area contributed by atoms with Crippen LogP contribution in [0.3, 0.4) is 0 Å². The number of sulfonamides is 1. The van der Waals surface area contributed by atoms with Gasteiger partial charge in [-0.1, -0.05) is 30.3 Å². The van der Waals surface area contributed by atoms with Crippen LogP contribution in [0.5, 0.6) is 5.75 Å². The molecule has 2 aromatic carbocycles. The molecule has 3 aliphatic heterocycles. The van der Waals surface area contributed by atoms with Crippen LogP contribution in [0.2, 0.25) is 0 Å². The number of hydrogen-bond donors (Lipinski definition) is 1. The Kier molecular flexibility index (Phi) is 6.93. The third kappa shape index (κ3) is 5.13. The Morgan fingerprint density at radius 1 is 1.03 bits per heavy atom. The Labute approximate surface area is 207 Å². The lowest BCUT2D eigenvalue weighted by Crippen LogP contribution is -2.41. The van der Waals surface area contributed by atoms with Crippen LogP contribution in [0.1, 0.15) is 35.1 Å². The van der Waals surface area contributed by atoms with E-state index in [9.17, 15) is 16.8 Å². The summed E-state index contributed by atoms with van der Waals surface area (Å²) < 4.78 is 57.6. The van der Waals surface area contributed by atoms with Crippen LogP contribution in [-0.4, -0.2) is 69.0 Å². The fourth-order valence-electron chi connectivity index (χ4n) is 5.43. The maximum Gasteiger partial charge on any atom is 0.216 e. The molecule has 0 amide bonds. The van der Waals surface area contributed by atoms with Crippen molar-refractivity contribution in [2.45, 2.75) is 43.8 Å². The summed E-state index contributed by atoms with van der Waals surface area (Å²) in [4.78, 5) is 2.68. The molecule has 1 N–H and O–H groups in total. The van der Waals surface area contributed by atoms with Crippen LogP contribution in [0.4, 0.5) is 0 Å². The normalized spacial score (nSPS) is 20.6. The van der Waals surface area contributed by atoms with E-state index in [1.54, 1.807) is 6.07 Å². The van der Waals surface area contributed by atoms with Crippen LogP contribution in [0.15, 0.2) is 41.3 Å².